The van der Waals surface area contributed by atoms with Gasteiger partial charge in [0, 0.05) is 31.0 Å². The van der Waals surface area contributed by atoms with Gasteiger partial charge in [-0.15, -0.1) is 5.10 Å². The van der Waals surface area contributed by atoms with E-state index >= 15 is 0 Å². The molecule has 2 amide bonds. The first-order valence-corrected chi connectivity index (χ1v) is 14.9. The highest BCUT2D eigenvalue weighted by molar-refractivity contribution is 5.98. The van der Waals surface area contributed by atoms with Gasteiger partial charge in [-0.2, -0.15) is 0 Å². The van der Waals surface area contributed by atoms with Crippen molar-refractivity contribution in [3.8, 4) is 0 Å². The fraction of sp³-hybridized carbons (Fsp3) is 0.257. The standard InChI is InChI=1S/C35H36N6O3/c1-25-7-11-27(12-8-25)23-40(33(42)24-41-32-6-4-3-5-31(32)37-38-41)34(28-13-9-26(2)10-14-28)35(43)36-29-15-17-30(18-16-29)39-19-21-44-22-20-39/h3-18,34H,19-24H2,1-2H3,(H,36,43)/t34-/m1/s1. The first-order chi connectivity index (χ1) is 21.4. The largest absolute Gasteiger partial charge is 0.378 e. The van der Waals surface area contributed by atoms with Crippen molar-refractivity contribution in [2.45, 2.75) is 33.0 Å². The molecule has 6 rings (SSSR count). The molecule has 1 atom stereocenters. The number of aryl methyl sites for hydroxylation is 2. The van der Waals surface area contributed by atoms with Gasteiger partial charge in [-0.25, -0.2) is 4.68 Å². The SMILES string of the molecule is Cc1ccc(CN(C(=O)Cn2nnc3ccccc32)[C@@H](C(=O)Nc2ccc(N3CCOCC3)cc2)c2ccc(C)cc2)cc1. The molecule has 0 bridgehead atoms. The van der Waals surface area contributed by atoms with Crippen LogP contribution in [0, 0.1) is 13.8 Å². The lowest BCUT2D eigenvalue weighted by atomic mass is 10.0. The molecule has 5 aromatic rings. The number of morpholine rings is 1. The van der Waals surface area contributed by atoms with Gasteiger partial charge < -0.3 is 19.9 Å². The van der Waals surface area contributed by atoms with Crippen LogP contribution in [0.2, 0.25) is 0 Å². The van der Waals surface area contributed by atoms with Crippen molar-refractivity contribution >= 4 is 34.2 Å². The van der Waals surface area contributed by atoms with Gasteiger partial charge in [0.05, 0.1) is 18.7 Å². The van der Waals surface area contributed by atoms with Crippen molar-refractivity contribution < 1.29 is 14.3 Å². The maximum absolute atomic E-state index is 14.2. The smallest absolute Gasteiger partial charge is 0.251 e. The summed E-state index contributed by atoms with van der Waals surface area (Å²) in [4.78, 5) is 32.4. The van der Waals surface area contributed by atoms with Gasteiger partial charge in [0.15, 0.2) is 0 Å². The van der Waals surface area contributed by atoms with Crippen molar-refractivity contribution in [2.24, 2.45) is 0 Å². The highest BCUT2D eigenvalue weighted by Gasteiger charge is 2.32. The molecular weight excluding hydrogens is 552 g/mol. The van der Waals surface area contributed by atoms with E-state index in [1.54, 1.807) is 9.58 Å². The van der Waals surface area contributed by atoms with E-state index in [2.05, 4.69) is 20.5 Å². The van der Waals surface area contributed by atoms with Gasteiger partial charge in [-0.3, -0.25) is 9.59 Å². The minimum atomic E-state index is -0.891. The Bertz CT molecular complexity index is 1730. The third kappa shape index (κ3) is 6.63. The number of benzene rings is 4. The Labute approximate surface area is 257 Å². The molecule has 2 heterocycles. The van der Waals surface area contributed by atoms with Crippen LogP contribution in [0.25, 0.3) is 11.0 Å². The number of fused-ring (bicyclic) bond motifs is 1. The summed E-state index contributed by atoms with van der Waals surface area (Å²) in [5, 5.41) is 11.6. The third-order valence-corrected chi connectivity index (χ3v) is 7.96. The second-order valence-electron chi connectivity index (χ2n) is 11.2. The predicted molar refractivity (Wildman–Crippen MR) is 171 cm³/mol. The third-order valence-electron chi connectivity index (χ3n) is 7.96. The van der Waals surface area contributed by atoms with Crippen molar-refractivity contribution in [3.05, 3.63) is 119 Å². The Morgan fingerprint density at radius 2 is 1.52 bits per heavy atom. The topological polar surface area (TPSA) is 92.6 Å². The summed E-state index contributed by atoms with van der Waals surface area (Å²) < 4.78 is 7.07. The Kier molecular flexibility index (Phi) is 8.65. The number of carbonyl (C=O) groups excluding carboxylic acids is 2. The van der Waals surface area contributed by atoms with E-state index < -0.39 is 6.04 Å². The quantitative estimate of drug-likeness (QED) is 0.252. The number of carbonyl (C=O) groups is 2. The molecule has 0 radical (unpaired) electrons. The molecule has 1 fully saturated rings. The molecule has 1 aliphatic heterocycles. The molecule has 9 nitrogen and oxygen atoms in total. The van der Waals surface area contributed by atoms with E-state index in [1.807, 2.05) is 111 Å². The summed E-state index contributed by atoms with van der Waals surface area (Å²) in [6, 6.07) is 30.2. The van der Waals surface area contributed by atoms with Crippen LogP contribution in [0.1, 0.15) is 28.3 Å². The van der Waals surface area contributed by atoms with Crippen molar-refractivity contribution in [3.63, 3.8) is 0 Å². The highest BCUT2D eigenvalue weighted by atomic mass is 16.5. The molecule has 1 N–H and O–H groups in total. The lowest BCUT2D eigenvalue weighted by Crippen LogP contribution is -2.42. The van der Waals surface area contributed by atoms with Crippen molar-refractivity contribution in [1.29, 1.82) is 0 Å². The molecule has 224 valence electrons. The molecule has 0 unspecified atom stereocenters. The molecule has 0 spiro atoms. The zero-order valence-electron chi connectivity index (χ0n) is 25.0. The summed E-state index contributed by atoms with van der Waals surface area (Å²) in [6.45, 7) is 7.27. The number of rotatable bonds is 9. The van der Waals surface area contributed by atoms with Crippen LogP contribution in [0.4, 0.5) is 11.4 Å². The number of ether oxygens (including phenoxy) is 1. The fourth-order valence-electron chi connectivity index (χ4n) is 5.48. The van der Waals surface area contributed by atoms with Gasteiger partial charge in [0.25, 0.3) is 5.91 Å². The van der Waals surface area contributed by atoms with Crippen LogP contribution in [0.3, 0.4) is 0 Å². The van der Waals surface area contributed by atoms with Gasteiger partial charge in [0.1, 0.15) is 18.1 Å². The molecule has 0 aliphatic carbocycles. The molecule has 1 aromatic heterocycles. The second kappa shape index (κ2) is 13.1. The zero-order valence-corrected chi connectivity index (χ0v) is 25.0. The van der Waals surface area contributed by atoms with Crippen LogP contribution in [-0.4, -0.2) is 58.0 Å². The molecule has 1 aliphatic rings. The average molecular weight is 589 g/mol. The number of amides is 2. The van der Waals surface area contributed by atoms with Crippen LogP contribution in [0.5, 0.6) is 0 Å². The van der Waals surface area contributed by atoms with Crippen LogP contribution < -0.4 is 10.2 Å². The summed E-state index contributed by atoms with van der Waals surface area (Å²) in [7, 11) is 0. The number of nitrogens with one attached hydrogen (secondary N) is 1. The first-order valence-electron chi connectivity index (χ1n) is 14.9. The zero-order chi connectivity index (χ0) is 30.5. The number of hydrogen-bond donors (Lipinski definition) is 1. The Hall–Kier alpha value is -5.02. The number of para-hydroxylation sites is 1. The minimum Gasteiger partial charge on any atom is -0.378 e. The second-order valence-corrected chi connectivity index (χ2v) is 11.2. The Balaban J connectivity index is 1.33. The van der Waals surface area contributed by atoms with Crippen LogP contribution in [-0.2, 0) is 27.4 Å². The highest BCUT2D eigenvalue weighted by Crippen LogP contribution is 2.28. The predicted octanol–water partition coefficient (Wildman–Crippen LogP) is 5.29. The molecule has 4 aromatic carbocycles. The number of aromatic nitrogens is 3. The fourth-order valence-corrected chi connectivity index (χ4v) is 5.48. The van der Waals surface area contributed by atoms with Gasteiger partial charge >= 0.3 is 0 Å². The summed E-state index contributed by atoms with van der Waals surface area (Å²) in [5.41, 5.74) is 7.04. The van der Waals surface area contributed by atoms with Crippen molar-refractivity contribution in [1.82, 2.24) is 19.9 Å². The Morgan fingerprint density at radius 1 is 0.864 bits per heavy atom. The van der Waals surface area contributed by atoms with Gasteiger partial charge in [-0.05, 0) is 61.4 Å². The summed E-state index contributed by atoms with van der Waals surface area (Å²) in [5.74, 6) is -0.540. The van der Waals surface area contributed by atoms with E-state index in [0.29, 0.717) is 24.4 Å². The molecular formula is C35H36N6O3. The van der Waals surface area contributed by atoms with Gasteiger partial charge in [0.2, 0.25) is 5.91 Å². The first kappa shape index (κ1) is 29.1. The molecule has 0 saturated carbocycles. The van der Waals surface area contributed by atoms with Gasteiger partial charge in [-0.1, -0.05) is 77.0 Å². The van der Waals surface area contributed by atoms with Crippen LogP contribution in [0.15, 0.2) is 97.1 Å². The lowest BCUT2D eigenvalue weighted by Gasteiger charge is -2.32. The monoisotopic (exact) mass is 588 g/mol. The normalized spacial score (nSPS) is 13.9. The van der Waals surface area contributed by atoms with Crippen molar-refractivity contribution in [2.75, 3.05) is 36.5 Å². The summed E-state index contributed by atoms with van der Waals surface area (Å²) in [6.07, 6.45) is 0. The van der Waals surface area contributed by atoms with E-state index in [4.69, 9.17) is 4.74 Å². The maximum atomic E-state index is 14.2. The van der Waals surface area contributed by atoms with E-state index in [1.165, 1.54) is 0 Å². The number of nitrogens with zero attached hydrogens (tertiary/aromatic N) is 5. The van der Waals surface area contributed by atoms with E-state index in [9.17, 15) is 9.59 Å². The van der Waals surface area contributed by atoms with E-state index in [0.717, 1.165) is 46.5 Å². The molecule has 1 saturated heterocycles. The summed E-state index contributed by atoms with van der Waals surface area (Å²) >= 11 is 0. The van der Waals surface area contributed by atoms with E-state index in [-0.39, 0.29) is 24.9 Å². The Morgan fingerprint density at radius 3 is 2.23 bits per heavy atom. The molecule has 44 heavy (non-hydrogen) atoms. The maximum Gasteiger partial charge on any atom is 0.251 e. The minimum absolute atomic E-state index is 0.0593. The number of hydrogen-bond acceptors (Lipinski definition) is 6. The lowest BCUT2D eigenvalue weighted by molar-refractivity contribution is -0.140. The molecule has 9 heteroatoms. The van der Waals surface area contributed by atoms with Crippen LogP contribution >= 0.6 is 0 Å². The average Bonchev–Trinajstić information content (AvgIpc) is 3.46. The number of anilines is 2.